The Labute approximate surface area is 245 Å². The number of carbonyl (C=O) groups excluding carboxylic acids is 1. The first-order valence-electron chi connectivity index (χ1n) is 14.5. The van der Waals surface area contributed by atoms with Gasteiger partial charge in [0.15, 0.2) is 0 Å². The Hall–Kier alpha value is -3.46. The van der Waals surface area contributed by atoms with Crippen LogP contribution >= 0.6 is 11.6 Å². The van der Waals surface area contributed by atoms with E-state index in [0.717, 1.165) is 75.5 Å². The quantitative estimate of drug-likeness (QED) is 0.217. The van der Waals surface area contributed by atoms with Gasteiger partial charge in [-0.2, -0.15) is 0 Å². The monoisotopic (exact) mass is 575 g/mol. The smallest absolute Gasteiger partial charge is 0.259 e. The summed E-state index contributed by atoms with van der Waals surface area (Å²) >= 11 is 6.07. The van der Waals surface area contributed by atoms with Crippen LogP contribution in [-0.2, 0) is 11.3 Å². The molecule has 4 aromatic rings. The molecule has 0 radical (unpaired) electrons. The minimum absolute atomic E-state index is 0.0862. The van der Waals surface area contributed by atoms with E-state index >= 15 is 0 Å². The summed E-state index contributed by atoms with van der Waals surface area (Å²) in [6, 6.07) is 16.5. The van der Waals surface area contributed by atoms with Gasteiger partial charge in [0.1, 0.15) is 0 Å². The van der Waals surface area contributed by atoms with Crippen LogP contribution in [0.1, 0.15) is 43.5 Å². The van der Waals surface area contributed by atoms with Crippen LogP contribution in [0.4, 0.5) is 0 Å². The van der Waals surface area contributed by atoms with Crippen molar-refractivity contribution in [3.63, 3.8) is 0 Å². The van der Waals surface area contributed by atoms with Crippen LogP contribution in [-0.4, -0.2) is 64.2 Å². The molecule has 1 N–H and O–H groups in total. The second-order valence-electron chi connectivity index (χ2n) is 10.6. The molecule has 0 bridgehead atoms. The number of amides is 1. The number of ether oxygens (including phenoxy) is 1. The Morgan fingerprint density at radius 2 is 1.76 bits per heavy atom. The van der Waals surface area contributed by atoms with E-state index in [2.05, 4.69) is 21.7 Å². The number of nitrogens with one attached hydrogen (secondary N) is 1. The summed E-state index contributed by atoms with van der Waals surface area (Å²) in [5.74, 6) is 1.12. The Morgan fingerprint density at radius 3 is 2.46 bits per heavy atom. The normalized spacial score (nSPS) is 13.9. The summed E-state index contributed by atoms with van der Waals surface area (Å²) in [7, 11) is 0. The van der Waals surface area contributed by atoms with Gasteiger partial charge in [-0.15, -0.1) is 0 Å². The Bertz CT molecular complexity index is 1520. The first-order valence-corrected chi connectivity index (χ1v) is 14.9. The van der Waals surface area contributed by atoms with Crippen molar-refractivity contribution in [2.75, 3.05) is 39.4 Å². The van der Waals surface area contributed by atoms with E-state index in [1.54, 1.807) is 22.6 Å². The maximum atomic E-state index is 13.2. The minimum Gasteiger partial charge on any atom is -0.381 e. The van der Waals surface area contributed by atoms with E-state index < -0.39 is 0 Å². The van der Waals surface area contributed by atoms with Crippen LogP contribution < -0.4 is 10.9 Å². The van der Waals surface area contributed by atoms with E-state index in [1.165, 1.54) is 0 Å². The highest BCUT2D eigenvalue weighted by atomic mass is 35.5. The molecule has 0 saturated carbocycles. The fraction of sp³-hybridized carbons (Fsp3) is 0.406. The number of imidazole rings is 1. The van der Waals surface area contributed by atoms with E-state index in [-0.39, 0.29) is 11.5 Å². The van der Waals surface area contributed by atoms with E-state index in [0.29, 0.717) is 34.5 Å². The first-order chi connectivity index (χ1) is 20.0. The Morgan fingerprint density at radius 1 is 1.02 bits per heavy atom. The molecule has 41 heavy (non-hydrogen) atoms. The molecule has 0 unspecified atom stereocenters. The summed E-state index contributed by atoms with van der Waals surface area (Å²) < 4.78 is 9.20. The van der Waals surface area contributed by atoms with Gasteiger partial charge in [-0.1, -0.05) is 55.6 Å². The van der Waals surface area contributed by atoms with Gasteiger partial charge in [-0.05, 0) is 43.2 Å². The van der Waals surface area contributed by atoms with Crippen molar-refractivity contribution in [1.29, 1.82) is 0 Å². The highest BCUT2D eigenvalue weighted by molar-refractivity contribution is 6.30. The van der Waals surface area contributed by atoms with Crippen molar-refractivity contribution in [3.8, 4) is 22.5 Å². The van der Waals surface area contributed by atoms with Gasteiger partial charge >= 0.3 is 0 Å². The molecule has 9 heteroatoms. The number of carbonyl (C=O) groups is 1. The number of unbranched alkanes of at least 4 members (excludes halogenated alkanes) is 2. The van der Waals surface area contributed by atoms with Crippen LogP contribution in [0, 0.1) is 5.92 Å². The van der Waals surface area contributed by atoms with E-state index in [9.17, 15) is 9.59 Å². The van der Waals surface area contributed by atoms with E-state index in [1.807, 2.05) is 49.5 Å². The summed E-state index contributed by atoms with van der Waals surface area (Å²) in [6.07, 6.45) is 4.99. The lowest BCUT2D eigenvalue weighted by Crippen LogP contribution is -2.51. The molecule has 0 spiro atoms. The predicted octanol–water partition coefficient (Wildman–Crippen LogP) is 5.37. The number of aromatic nitrogens is 3. The van der Waals surface area contributed by atoms with Crippen molar-refractivity contribution in [3.05, 3.63) is 81.7 Å². The van der Waals surface area contributed by atoms with Crippen LogP contribution in [0.2, 0.25) is 5.02 Å². The Balaban J connectivity index is 1.32. The number of likely N-dealkylation sites (tertiary alicyclic amines) is 1. The molecule has 2 aromatic carbocycles. The zero-order valence-electron chi connectivity index (χ0n) is 23.8. The standard InChI is InChI=1S/C32H38ClN5O3/c1-3-5-6-16-37-29(21-38-30(39)18-28(35-32(37)38)24-11-13-27(33)14-12-24)25-7-9-26(10-8-25)31(40)34-15-17-36-19-23(20-36)22-41-4-2/h7-14,18,21,23H,3-6,15-17,19-20,22H2,1-2H3,(H,34,40). The van der Waals surface area contributed by atoms with Crippen LogP contribution in [0.25, 0.3) is 28.3 Å². The lowest BCUT2D eigenvalue weighted by Gasteiger charge is -2.39. The second kappa shape index (κ2) is 13.5. The molecule has 1 aliphatic heterocycles. The largest absolute Gasteiger partial charge is 0.381 e. The molecule has 0 atom stereocenters. The van der Waals surface area contributed by atoms with Gasteiger partial charge in [0.05, 0.1) is 18.0 Å². The van der Waals surface area contributed by atoms with Gasteiger partial charge in [0.25, 0.3) is 11.5 Å². The van der Waals surface area contributed by atoms with Crippen LogP contribution in [0.3, 0.4) is 0 Å². The van der Waals surface area contributed by atoms with Crippen LogP contribution in [0.5, 0.6) is 0 Å². The molecule has 216 valence electrons. The Kier molecular flexibility index (Phi) is 9.54. The molecular formula is C32H38ClN5O3. The predicted molar refractivity (Wildman–Crippen MR) is 164 cm³/mol. The molecule has 1 fully saturated rings. The van der Waals surface area contributed by atoms with Crippen molar-refractivity contribution >= 4 is 23.3 Å². The van der Waals surface area contributed by atoms with Crippen molar-refractivity contribution in [1.82, 2.24) is 24.2 Å². The van der Waals surface area contributed by atoms with Gasteiger partial charge < -0.3 is 19.5 Å². The zero-order chi connectivity index (χ0) is 28.8. The minimum atomic E-state index is -0.141. The third-order valence-electron chi connectivity index (χ3n) is 7.59. The number of halogens is 1. The molecule has 2 aromatic heterocycles. The first kappa shape index (κ1) is 29.0. The fourth-order valence-corrected chi connectivity index (χ4v) is 5.43. The average molecular weight is 576 g/mol. The highest BCUT2D eigenvalue weighted by Crippen LogP contribution is 2.26. The van der Waals surface area contributed by atoms with Crippen molar-refractivity contribution in [2.24, 2.45) is 5.92 Å². The molecule has 8 nitrogen and oxygen atoms in total. The SMILES string of the molecule is CCCCCn1c(-c2ccc(C(=O)NCCN3CC(COCC)C3)cc2)cn2c(=O)cc(-c3ccc(Cl)cc3)nc12. The van der Waals surface area contributed by atoms with Crippen LogP contribution in [0.15, 0.2) is 65.6 Å². The zero-order valence-corrected chi connectivity index (χ0v) is 24.6. The second-order valence-corrected chi connectivity index (χ2v) is 11.1. The number of aryl methyl sites for hydroxylation is 1. The number of hydrogen-bond acceptors (Lipinski definition) is 5. The third kappa shape index (κ3) is 6.89. The molecule has 5 rings (SSSR count). The van der Waals surface area contributed by atoms with Gasteiger partial charge in [-0.3, -0.25) is 14.0 Å². The number of hydrogen-bond donors (Lipinski definition) is 1. The summed E-state index contributed by atoms with van der Waals surface area (Å²) in [6.45, 7) is 9.99. The number of benzene rings is 2. The molecule has 3 heterocycles. The average Bonchev–Trinajstić information content (AvgIpc) is 3.33. The third-order valence-corrected chi connectivity index (χ3v) is 7.84. The highest BCUT2D eigenvalue weighted by Gasteiger charge is 2.26. The van der Waals surface area contributed by atoms with Crippen molar-refractivity contribution < 1.29 is 9.53 Å². The molecule has 1 aliphatic rings. The molecular weight excluding hydrogens is 538 g/mol. The number of fused-ring (bicyclic) bond motifs is 1. The van der Waals surface area contributed by atoms with Gasteiger partial charge in [0.2, 0.25) is 5.78 Å². The lowest BCUT2D eigenvalue weighted by molar-refractivity contribution is 0.0196. The molecule has 1 saturated heterocycles. The summed E-state index contributed by atoms with van der Waals surface area (Å²) in [5.41, 5.74) is 3.75. The topological polar surface area (TPSA) is 80.9 Å². The maximum Gasteiger partial charge on any atom is 0.259 e. The summed E-state index contributed by atoms with van der Waals surface area (Å²) in [4.78, 5) is 33.2. The van der Waals surface area contributed by atoms with Crippen molar-refractivity contribution in [2.45, 2.75) is 39.7 Å². The van der Waals surface area contributed by atoms with E-state index in [4.69, 9.17) is 21.3 Å². The lowest BCUT2D eigenvalue weighted by atomic mass is 10.0. The van der Waals surface area contributed by atoms with Gasteiger partial charge in [-0.25, -0.2) is 4.98 Å². The van der Waals surface area contributed by atoms with Gasteiger partial charge in [0, 0.05) is 73.7 Å². The maximum absolute atomic E-state index is 13.2. The number of rotatable bonds is 13. The molecule has 1 amide bonds. The fourth-order valence-electron chi connectivity index (χ4n) is 5.30. The molecule has 0 aliphatic carbocycles. The summed E-state index contributed by atoms with van der Waals surface area (Å²) in [5, 5.41) is 3.67. The number of nitrogens with zero attached hydrogens (tertiary/aromatic N) is 4.